The summed E-state index contributed by atoms with van der Waals surface area (Å²) in [6, 6.07) is 21.3. The molecule has 2 aliphatic rings. The minimum absolute atomic E-state index is 0.0657. The summed E-state index contributed by atoms with van der Waals surface area (Å²) in [6.07, 6.45) is 2.59. The Balaban J connectivity index is 1.52. The van der Waals surface area contributed by atoms with Crippen molar-refractivity contribution in [2.45, 2.75) is 94.4 Å². The van der Waals surface area contributed by atoms with Gasteiger partial charge in [0.2, 0.25) is 5.91 Å². The SMILES string of the molecule is CC(C)(C)OC(=O)N1C(=O)CC[C@H]1[C@@H]1CC[C@@H](CO[Si](c2ccccc2)(c2ccccc2)C(C)(C)C)S1. The van der Waals surface area contributed by atoms with E-state index in [4.69, 9.17) is 9.16 Å². The zero-order chi connectivity index (χ0) is 26.8. The molecule has 0 spiro atoms. The molecule has 7 heteroatoms. The maximum atomic E-state index is 12.9. The number of carbonyl (C=O) groups excluding carboxylic acids is 2. The summed E-state index contributed by atoms with van der Waals surface area (Å²) in [6.45, 7) is 13.1. The molecule has 37 heavy (non-hydrogen) atoms. The molecule has 0 unspecified atom stereocenters. The third-order valence-electron chi connectivity index (χ3n) is 7.32. The van der Waals surface area contributed by atoms with Gasteiger partial charge in [0.1, 0.15) is 5.60 Å². The van der Waals surface area contributed by atoms with E-state index in [-0.39, 0.29) is 22.2 Å². The lowest BCUT2D eigenvalue weighted by Gasteiger charge is -2.43. The molecule has 2 saturated heterocycles. The van der Waals surface area contributed by atoms with E-state index in [2.05, 4.69) is 81.4 Å². The molecule has 3 atom stereocenters. The molecular formula is C30H41NO4SSi. The molecular weight excluding hydrogens is 498 g/mol. The van der Waals surface area contributed by atoms with E-state index < -0.39 is 20.0 Å². The number of benzene rings is 2. The van der Waals surface area contributed by atoms with Crippen LogP contribution in [-0.2, 0) is 14.0 Å². The lowest BCUT2D eigenvalue weighted by molar-refractivity contribution is -0.128. The third-order valence-corrected chi connectivity index (χ3v) is 14.0. The summed E-state index contributed by atoms with van der Waals surface area (Å²) < 4.78 is 12.7. The van der Waals surface area contributed by atoms with Crippen molar-refractivity contribution in [3.05, 3.63) is 60.7 Å². The number of nitrogens with zero attached hydrogens (tertiary/aromatic N) is 1. The van der Waals surface area contributed by atoms with Crippen LogP contribution in [0, 0.1) is 0 Å². The molecule has 5 nitrogen and oxygen atoms in total. The van der Waals surface area contributed by atoms with Gasteiger partial charge in [-0.1, -0.05) is 81.4 Å². The predicted molar refractivity (Wildman–Crippen MR) is 154 cm³/mol. The molecule has 2 aliphatic heterocycles. The van der Waals surface area contributed by atoms with Crippen LogP contribution < -0.4 is 10.4 Å². The highest BCUT2D eigenvalue weighted by molar-refractivity contribution is 8.00. The second kappa shape index (κ2) is 10.9. The second-order valence-electron chi connectivity index (χ2n) is 12.2. The van der Waals surface area contributed by atoms with Gasteiger partial charge in [-0.25, -0.2) is 9.69 Å². The fourth-order valence-electron chi connectivity index (χ4n) is 5.73. The Kier molecular flexibility index (Phi) is 8.27. The smallest absolute Gasteiger partial charge is 0.417 e. The molecule has 200 valence electrons. The van der Waals surface area contributed by atoms with Crippen molar-refractivity contribution in [3.8, 4) is 0 Å². The summed E-state index contributed by atoms with van der Waals surface area (Å²) in [5.41, 5.74) is -0.626. The Labute approximate surface area is 227 Å². The van der Waals surface area contributed by atoms with E-state index in [0.29, 0.717) is 24.7 Å². The van der Waals surface area contributed by atoms with E-state index in [9.17, 15) is 9.59 Å². The van der Waals surface area contributed by atoms with Crippen molar-refractivity contribution in [2.24, 2.45) is 0 Å². The van der Waals surface area contributed by atoms with Gasteiger partial charge in [0.05, 0.1) is 6.04 Å². The number of hydrogen-bond acceptors (Lipinski definition) is 5. The maximum absolute atomic E-state index is 12.9. The number of hydrogen-bond donors (Lipinski definition) is 0. The molecule has 2 aromatic rings. The number of thioether (sulfide) groups is 1. The quantitative estimate of drug-likeness (QED) is 0.437. The van der Waals surface area contributed by atoms with E-state index in [0.717, 1.165) is 12.8 Å². The van der Waals surface area contributed by atoms with E-state index in [1.54, 1.807) is 0 Å². The van der Waals surface area contributed by atoms with Gasteiger partial charge in [-0.15, -0.1) is 0 Å². The molecule has 2 fully saturated rings. The van der Waals surface area contributed by atoms with Crippen molar-refractivity contribution in [1.82, 2.24) is 4.90 Å². The topological polar surface area (TPSA) is 55.8 Å². The standard InChI is InChI=1S/C30H41NO4SSi/c1-29(2,3)35-28(33)31-25(18-20-27(31)32)26-19-17-22(36-26)21-34-37(30(4,5)6,23-13-9-7-10-14-23)24-15-11-8-12-16-24/h7-16,22,25-26H,17-21H2,1-6H3/t22-,25-,26-/m0/s1. The third kappa shape index (κ3) is 5.99. The molecule has 2 heterocycles. The van der Waals surface area contributed by atoms with Crippen LogP contribution in [0.1, 0.15) is 67.2 Å². The van der Waals surface area contributed by atoms with Crippen molar-refractivity contribution in [2.75, 3.05) is 6.61 Å². The molecule has 0 N–H and O–H groups in total. The molecule has 0 aromatic heterocycles. The lowest BCUT2D eigenvalue weighted by atomic mass is 10.1. The van der Waals surface area contributed by atoms with Gasteiger partial charge in [-0.05, 0) is 55.4 Å². The van der Waals surface area contributed by atoms with Gasteiger partial charge >= 0.3 is 6.09 Å². The number of carbonyl (C=O) groups is 2. The van der Waals surface area contributed by atoms with Crippen molar-refractivity contribution in [1.29, 1.82) is 0 Å². The van der Waals surface area contributed by atoms with Gasteiger partial charge in [0.25, 0.3) is 8.32 Å². The number of rotatable bonds is 6. The largest absolute Gasteiger partial charge is 0.443 e. The first-order valence-corrected chi connectivity index (χ1v) is 16.2. The molecule has 0 bridgehead atoms. The number of likely N-dealkylation sites (tertiary alicyclic amines) is 1. The highest BCUT2D eigenvalue weighted by Gasteiger charge is 2.51. The zero-order valence-corrected chi connectivity index (χ0v) is 24.8. The summed E-state index contributed by atoms with van der Waals surface area (Å²) in [7, 11) is -2.59. The molecule has 2 aromatic carbocycles. The van der Waals surface area contributed by atoms with E-state index in [1.807, 2.05) is 32.5 Å². The summed E-state index contributed by atoms with van der Waals surface area (Å²) >= 11 is 1.89. The van der Waals surface area contributed by atoms with Crippen molar-refractivity contribution >= 4 is 42.5 Å². The highest BCUT2D eigenvalue weighted by atomic mass is 32.2. The first-order valence-electron chi connectivity index (χ1n) is 13.4. The Hall–Kier alpha value is -2.09. The number of imide groups is 1. The Bertz CT molecular complexity index is 1040. The molecule has 0 aliphatic carbocycles. The van der Waals surface area contributed by atoms with Crippen LogP contribution in [0.15, 0.2) is 60.7 Å². The van der Waals surface area contributed by atoms with Crippen LogP contribution >= 0.6 is 11.8 Å². The Morgan fingerprint density at radius 2 is 1.49 bits per heavy atom. The second-order valence-corrected chi connectivity index (χ2v) is 18.0. The minimum Gasteiger partial charge on any atom is -0.443 e. The first kappa shape index (κ1) is 27.9. The molecule has 0 saturated carbocycles. The average molecular weight is 540 g/mol. The fraction of sp³-hybridized carbons (Fsp3) is 0.533. The number of amides is 2. The lowest BCUT2D eigenvalue weighted by Crippen LogP contribution is -2.67. The van der Waals surface area contributed by atoms with Gasteiger partial charge in [-0.3, -0.25) is 4.79 Å². The van der Waals surface area contributed by atoms with Gasteiger partial charge in [0.15, 0.2) is 0 Å². The normalized spacial score (nSPS) is 22.9. The van der Waals surface area contributed by atoms with E-state index in [1.165, 1.54) is 15.3 Å². The van der Waals surface area contributed by atoms with Crippen LogP contribution in [0.3, 0.4) is 0 Å². The van der Waals surface area contributed by atoms with Crippen LogP contribution in [0.4, 0.5) is 4.79 Å². The van der Waals surface area contributed by atoms with Crippen LogP contribution in [0.25, 0.3) is 0 Å². The van der Waals surface area contributed by atoms with E-state index >= 15 is 0 Å². The van der Waals surface area contributed by atoms with Crippen LogP contribution in [-0.4, -0.2) is 54.0 Å². The zero-order valence-electron chi connectivity index (χ0n) is 23.0. The van der Waals surface area contributed by atoms with Crippen LogP contribution in [0.2, 0.25) is 5.04 Å². The Morgan fingerprint density at radius 3 is 2.00 bits per heavy atom. The Morgan fingerprint density at radius 1 is 0.919 bits per heavy atom. The molecule has 2 amide bonds. The molecule has 0 radical (unpaired) electrons. The average Bonchev–Trinajstić information content (AvgIpc) is 3.45. The number of ether oxygens (including phenoxy) is 1. The van der Waals surface area contributed by atoms with Crippen molar-refractivity contribution in [3.63, 3.8) is 0 Å². The van der Waals surface area contributed by atoms with Crippen LogP contribution in [0.5, 0.6) is 0 Å². The first-order chi connectivity index (χ1) is 17.4. The van der Waals surface area contributed by atoms with Crippen molar-refractivity contribution < 1.29 is 18.8 Å². The summed E-state index contributed by atoms with van der Waals surface area (Å²) in [4.78, 5) is 26.9. The predicted octanol–water partition coefficient (Wildman–Crippen LogP) is 5.75. The summed E-state index contributed by atoms with van der Waals surface area (Å²) in [5.74, 6) is -0.119. The summed E-state index contributed by atoms with van der Waals surface area (Å²) in [5, 5.41) is 3.04. The van der Waals surface area contributed by atoms with Gasteiger partial charge < -0.3 is 9.16 Å². The molecule has 4 rings (SSSR count). The van der Waals surface area contributed by atoms with Gasteiger partial charge in [-0.2, -0.15) is 11.8 Å². The maximum Gasteiger partial charge on any atom is 0.417 e. The minimum atomic E-state index is -2.59. The highest BCUT2D eigenvalue weighted by Crippen LogP contribution is 2.43. The van der Waals surface area contributed by atoms with Gasteiger partial charge in [0, 0.05) is 23.5 Å². The monoisotopic (exact) mass is 539 g/mol. The fourth-order valence-corrected chi connectivity index (χ4v) is 12.1.